The van der Waals surface area contributed by atoms with Crippen LogP contribution in [0.2, 0.25) is 0 Å². The summed E-state index contributed by atoms with van der Waals surface area (Å²) in [4.78, 5) is 27.7. The summed E-state index contributed by atoms with van der Waals surface area (Å²) in [6, 6.07) is 8.70. The molecule has 3 heterocycles. The van der Waals surface area contributed by atoms with Gasteiger partial charge in [0.05, 0.1) is 37.5 Å². The lowest BCUT2D eigenvalue weighted by Gasteiger charge is -2.39. The SMILES string of the molecule is CCOC(=O)C1=C(CN2CCCCC2C2OCCO2)NC(=O)NC1c1ccccc1. The van der Waals surface area contributed by atoms with Gasteiger partial charge >= 0.3 is 12.0 Å². The predicted octanol–water partition coefficient (Wildman–Crippen LogP) is 2.09. The van der Waals surface area contributed by atoms with E-state index in [1.807, 2.05) is 30.3 Å². The van der Waals surface area contributed by atoms with Crippen LogP contribution in [0, 0.1) is 0 Å². The Hall–Kier alpha value is -2.42. The number of esters is 1. The number of carbonyl (C=O) groups is 2. The summed E-state index contributed by atoms with van der Waals surface area (Å²) in [6.45, 7) is 4.53. The van der Waals surface area contributed by atoms with Crippen molar-refractivity contribution >= 4 is 12.0 Å². The molecule has 8 heteroatoms. The number of benzene rings is 1. The lowest BCUT2D eigenvalue weighted by molar-refractivity contribution is -0.139. The number of hydrogen-bond donors (Lipinski definition) is 2. The molecule has 2 saturated heterocycles. The fourth-order valence-electron chi connectivity index (χ4n) is 4.41. The number of hydrogen-bond acceptors (Lipinski definition) is 6. The molecule has 4 rings (SSSR count). The number of ether oxygens (including phenoxy) is 3. The molecule has 0 spiro atoms. The van der Waals surface area contributed by atoms with Gasteiger partial charge in [-0.05, 0) is 31.9 Å². The van der Waals surface area contributed by atoms with Gasteiger partial charge in [0.15, 0.2) is 6.29 Å². The first-order chi connectivity index (χ1) is 14.7. The number of amides is 2. The molecule has 2 unspecified atom stereocenters. The minimum Gasteiger partial charge on any atom is -0.463 e. The second-order valence-electron chi connectivity index (χ2n) is 7.70. The van der Waals surface area contributed by atoms with Gasteiger partial charge in [-0.15, -0.1) is 0 Å². The molecule has 0 radical (unpaired) electrons. The standard InChI is InChI=1S/C22H29N3O5/c1-2-28-20(26)18-16(23-22(27)24-19(18)15-8-4-3-5-9-15)14-25-11-7-6-10-17(25)21-29-12-13-30-21/h3-5,8-9,17,19,21H,2,6-7,10-14H2,1H3,(H2,23,24,27). The van der Waals surface area contributed by atoms with E-state index in [9.17, 15) is 9.59 Å². The second kappa shape index (κ2) is 9.59. The molecule has 0 aromatic heterocycles. The molecular formula is C22H29N3O5. The molecule has 3 aliphatic rings. The van der Waals surface area contributed by atoms with Crippen LogP contribution in [0.4, 0.5) is 4.79 Å². The van der Waals surface area contributed by atoms with Crippen molar-refractivity contribution < 1.29 is 23.8 Å². The molecule has 8 nitrogen and oxygen atoms in total. The molecule has 2 amide bonds. The third-order valence-corrected chi connectivity index (χ3v) is 5.77. The monoisotopic (exact) mass is 415 g/mol. The Morgan fingerprint density at radius 2 is 1.97 bits per heavy atom. The van der Waals surface area contributed by atoms with Gasteiger partial charge in [-0.25, -0.2) is 9.59 Å². The highest BCUT2D eigenvalue weighted by Crippen LogP contribution is 2.30. The molecule has 1 aromatic rings. The van der Waals surface area contributed by atoms with E-state index in [4.69, 9.17) is 14.2 Å². The highest BCUT2D eigenvalue weighted by molar-refractivity contribution is 5.95. The van der Waals surface area contributed by atoms with Crippen molar-refractivity contribution in [2.75, 3.05) is 32.9 Å². The quantitative estimate of drug-likeness (QED) is 0.692. The van der Waals surface area contributed by atoms with Crippen molar-refractivity contribution in [1.29, 1.82) is 0 Å². The predicted molar refractivity (Wildman–Crippen MR) is 109 cm³/mol. The van der Waals surface area contributed by atoms with E-state index in [0.717, 1.165) is 31.4 Å². The van der Waals surface area contributed by atoms with Crippen LogP contribution in [-0.2, 0) is 19.0 Å². The van der Waals surface area contributed by atoms with Crippen molar-refractivity contribution in [2.24, 2.45) is 0 Å². The number of carbonyl (C=O) groups excluding carboxylic acids is 2. The molecule has 3 aliphatic heterocycles. The Kier molecular flexibility index (Phi) is 6.66. The van der Waals surface area contributed by atoms with Crippen LogP contribution >= 0.6 is 0 Å². The van der Waals surface area contributed by atoms with Gasteiger partial charge in [0.2, 0.25) is 0 Å². The van der Waals surface area contributed by atoms with Crippen LogP contribution in [0.1, 0.15) is 37.8 Å². The molecule has 1 aromatic carbocycles. The van der Waals surface area contributed by atoms with Crippen LogP contribution in [0.5, 0.6) is 0 Å². The van der Waals surface area contributed by atoms with Gasteiger partial charge in [0.25, 0.3) is 0 Å². The third kappa shape index (κ3) is 4.50. The number of urea groups is 1. The van der Waals surface area contributed by atoms with Gasteiger partial charge < -0.3 is 24.8 Å². The average molecular weight is 415 g/mol. The van der Waals surface area contributed by atoms with E-state index in [-0.39, 0.29) is 25.0 Å². The zero-order valence-corrected chi connectivity index (χ0v) is 17.3. The van der Waals surface area contributed by atoms with Crippen molar-refractivity contribution in [2.45, 2.75) is 44.6 Å². The summed E-state index contributed by atoms with van der Waals surface area (Å²) in [5, 5.41) is 5.75. The molecule has 0 bridgehead atoms. The van der Waals surface area contributed by atoms with Crippen LogP contribution in [0.15, 0.2) is 41.6 Å². The van der Waals surface area contributed by atoms with Crippen LogP contribution in [0.3, 0.4) is 0 Å². The summed E-state index contributed by atoms with van der Waals surface area (Å²) in [5.74, 6) is -0.421. The van der Waals surface area contributed by atoms with Crippen LogP contribution < -0.4 is 10.6 Å². The average Bonchev–Trinajstić information content (AvgIpc) is 3.29. The Labute approximate surface area is 176 Å². The first-order valence-electron chi connectivity index (χ1n) is 10.7. The van der Waals surface area contributed by atoms with Crippen LogP contribution in [-0.4, -0.2) is 62.1 Å². The van der Waals surface area contributed by atoms with Gasteiger partial charge in [0, 0.05) is 12.2 Å². The van der Waals surface area contributed by atoms with E-state index in [2.05, 4.69) is 15.5 Å². The first kappa shape index (κ1) is 20.8. The Morgan fingerprint density at radius 1 is 1.20 bits per heavy atom. The number of nitrogens with one attached hydrogen (secondary N) is 2. The molecule has 2 atom stereocenters. The smallest absolute Gasteiger partial charge is 0.338 e. The van der Waals surface area contributed by atoms with Crippen molar-refractivity contribution in [3.05, 3.63) is 47.2 Å². The summed E-state index contributed by atoms with van der Waals surface area (Å²) < 4.78 is 16.9. The lowest BCUT2D eigenvalue weighted by Crippen LogP contribution is -2.52. The summed E-state index contributed by atoms with van der Waals surface area (Å²) >= 11 is 0. The molecule has 162 valence electrons. The molecule has 2 N–H and O–H groups in total. The third-order valence-electron chi connectivity index (χ3n) is 5.77. The normalized spacial score (nSPS) is 25.7. The number of nitrogens with zero attached hydrogens (tertiary/aromatic N) is 1. The minimum atomic E-state index is -0.559. The molecule has 0 saturated carbocycles. The lowest BCUT2D eigenvalue weighted by atomic mass is 9.94. The van der Waals surface area contributed by atoms with E-state index in [1.54, 1.807) is 6.92 Å². The van der Waals surface area contributed by atoms with Crippen molar-refractivity contribution in [3.63, 3.8) is 0 Å². The maximum absolute atomic E-state index is 12.9. The Balaban J connectivity index is 1.67. The highest BCUT2D eigenvalue weighted by atomic mass is 16.7. The van der Waals surface area contributed by atoms with E-state index in [1.165, 1.54) is 0 Å². The van der Waals surface area contributed by atoms with Gasteiger partial charge in [-0.1, -0.05) is 36.8 Å². The van der Waals surface area contributed by atoms with Crippen molar-refractivity contribution in [1.82, 2.24) is 15.5 Å². The Bertz CT molecular complexity index is 791. The topological polar surface area (TPSA) is 89.1 Å². The summed E-state index contributed by atoms with van der Waals surface area (Å²) in [5.41, 5.74) is 1.86. The van der Waals surface area contributed by atoms with Crippen molar-refractivity contribution in [3.8, 4) is 0 Å². The Morgan fingerprint density at radius 3 is 2.70 bits per heavy atom. The molecule has 2 fully saturated rings. The van der Waals surface area contributed by atoms with Gasteiger partial charge in [-0.2, -0.15) is 0 Å². The summed E-state index contributed by atoms with van der Waals surface area (Å²) in [7, 11) is 0. The zero-order valence-electron chi connectivity index (χ0n) is 17.3. The maximum Gasteiger partial charge on any atom is 0.338 e. The maximum atomic E-state index is 12.9. The first-order valence-corrected chi connectivity index (χ1v) is 10.7. The molecule has 0 aliphatic carbocycles. The van der Waals surface area contributed by atoms with Gasteiger partial charge in [0.1, 0.15) is 0 Å². The largest absolute Gasteiger partial charge is 0.463 e. The van der Waals surface area contributed by atoms with Gasteiger partial charge in [-0.3, -0.25) is 4.90 Å². The number of rotatable bonds is 6. The molecule has 30 heavy (non-hydrogen) atoms. The van der Waals surface area contributed by atoms with E-state index >= 15 is 0 Å². The fraction of sp³-hybridized carbons (Fsp3) is 0.545. The zero-order chi connectivity index (χ0) is 20.9. The second-order valence-corrected chi connectivity index (χ2v) is 7.70. The van der Waals surface area contributed by atoms with E-state index in [0.29, 0.717) is 31.0 Å². The number of piperidine rings is 1. The van der Waals surface area contributed by atoms with Crippen LogP contribution in [0.25, 0.3) is 0 Å². The summed E-state index contributed by atoms with van der Waals surface area (Å²) in [6.07, 6.45) is 2.86. The molecular weight excluding hydrogens is 386 g/mol. The fourth-order valence-corrected chi connectivity index (χ4v) is 4.41. The van der Waals surface area contributed by atoms with E-state index < -0.39 is 12.0 Å². The highest BCUT2D eigenvalue weighted by Gasteiger charge is 2.38. The minimum absolute atomic E-state index is 0.0964. The number of likely N-dealkylation sites (tertiary alicyclic amines) is 1.